The van der Waals surface area contributed by atoms with Crippen LogP contribution >= 0.6 is 11.3 Å². The number of sulfonamides is 1. The van der Waals surface area contributed by atoms with Gasteiger partial charge in [0.2, 0.25) is 11.0 Å². The minimum atomic E-state index is -4.05. The minimum absolute atomic E-state index is 0.0655. The Balaban J connectivity index is 2.20. The first kappa shape index (κ1) is 15.3. The number of rotatable bonds is 5. The lowest BCUT2D eigenvalue weighted by Gasteiger charge is -2.05. The summed E-state index contributed by atoms with van der Waals surface area (Å²) in [7, 11) is -4.05. The molecule has 1 amide bonds. The zero-order chi connectivity index (χ0) is 15.5. The van der Waals surface area contributed by atoms with Crippen molar-refractivity contribution < 1.29 is 17.6 Å². The molecule has 2 N–H and O–H groups in total. The number of nitrogens with zero attached hydrogens (tertiary/aromatic N) is 2. The second kappa shape index (κ2) is 6.14. The number of carbonyl (C=O) groups excluding carboxylic acids is 1. The molecule has 0 spiro atoms. The molecule has 0 fully saturated rings. The lowest BCUT2D eigenvalue weighted by molar-refractivity contribution is -0.115. The fourth-order valence-electron chi connectivity index (χ4n) is 1.31. The van der Waals surface area contributed by atoms with Crippen molar-refractivity contribution in [3.63, 3.8) is 0 Å². The number of carbonyl (C=O) groups is 1. The fourth-order valence-corrected chi connectivity index (χ4v) is 3.29. The average Bonchev–Trinajstić information content (AvgIpc) is 2.90. The molecule has 10 heteroatoms. The zero-order valence-electron chi connectivity index (χ0n) is 10.8. The van der Waals surface area contributed by atoms with Gasteiger partial charge in [-0.05, 0) is 12.1 Å². The molecule has 1 heterocycles. The normalized spacial score (nSPS) is 11.1. The molecule has 0 radical (unpaired) electrons. The molecular formula is C11H11FN4O3S2. The standard InChI is InChI=1S/C11H11FN4O3S2/c1-2-9(17)13-10-14-15-11(20-10)21(18,19)16-8-6-4-3-5-7(8)12/h3-6,16H,2H2,1H3,(H,13,14,17). The monoisotopic (exact) mass is 330 g/mol. The van der Waals surface area contributed by atoms with Gasteiger partial charge in [-0.3, -0.25) is 9.52 Å². The molecule has 7 nitrogen and oxygen atoms in total. The number of nitrogens with one attached hydrogen (secondary N) is 2. The van der Waals surface area contributed by atoms with Gasteiger partial charge in [0.1, 0.15) is 5.82 Å². The summed E-state index contributed by atoms with van der Waals surface area (Å²) in [6, 6.07) is 5.35. The molecule has 0 aliphatic rings. The van der Waals surface area contributed by atoms with Gasteiger partial charge in [-0.2, -0.15) is 8.42 Å². The second-order valence-electron chi connectivity index (χ2n) is 3.86. The van der Waals surface area contributed by atoms with Crippen LogP contribution in [0.1, 0.15) is 13.3 Å². The van der Waals surface area contributed by atoms with Crippen LogP contribution in [0.5, 0.6) is 0 Å². The van der Waals surface area contributed by atoms with E-state index in [0.717, 1.165) is 6.07 Å². The summed E-state index contributed by atoms with van der Waals surface area (Å²) < 4.78 is 39.2. The Hall–Kier alpha value is -2.07. The summed E-state index contributed by atoms with van der Waals surface area (Å²) in [5.74, 6) is -1.01. The van der Waals surface area contributed by atoms with E-state index in [1.807, 2.05) is 0 Å². The first-order valence-electron chi connectivity index (χ1n) is 5.83. The van der Waals surface area contributed by atoms with Crippen LogP contribution in [-0.4, -0.2) is 24.5 Å². The van der Waals surface area contributed by atoms with E-state index >= 15 is 0 Å². The molecule has 0 saturated heterocycles. The van der Waals surface area contributed by atoms with Crippen molar-refractivity contribution in [3.8, 4) is 0 Å². The van der Waals surface area contributed by atoms with E-state index in [-0.39, 0.29) is 27.5 Å². The van der Waals surface area contributed by atoms with Crippen LogP contribution in [0.3, 0.4) is 0 Å². The number of para-hydroxylation sites is 1. The van der Waals surface area contributed by atoms with Crippen LogP contribution < -0.4 is 10.0 Å². The van der Waals surface area contributed by atoms with E-state index in [2.05, 4.69) is 20.2 Å². The second-order valence-corrected chi connectivity index (χ2v) is 6.69. The van der Waals surface area contributed by atoms with E-state index in [9.17, 15) is 17.6 Å². The average molecular weight is 330 g/mol. The molecule has 0 aliphatic carbocycles. The quantitative estimate of drug-likeness (QED) is 0.815. The highest BCUT2D eigenvalue weighted by Gasteiger charge is 2.22. The van der Waals surface area contributed by atoms with Crippen molar-refractivity contribution in [3.05, 3.63) is 30.1 Å². The lowest BCUT2D eigenvalue weighted by atomic mass is 10.3. The highest BCUT2D eigenvalue weighted by atomic mass is 32.2. The third-order valence-corrected chi connectivity index (χ3v) is 4.89. The molecule has 2 rings (SSSR count). The lowest BCUT2D eigenvalue weighted by Crippen LogP contribution is -2.13. The van der Waals surface area contributed by atoms with Crippen LogP contribution in [0, 0.1) is 5.82 Å². The van der Waals surface area contributed by atoms with Crippen molar-refractivity contribution in [2.24, 2.45) is 0 Å². The number of hydrogen-bond donors (Lipinski definition) is 2. The van der Waals surface area contributed by atoms with E-state index in [1.165, 1.54) is 18.2 Å². The third kappa shape index (κ3) is 3.73. The predicted molar refractivity (Wildman–Crippen MR) is 76.0 cm³/mol. The Labute approximate surface area is 124 Å². The van der Waals surface area contributed by atoms with Gasteiger partial charge < -0.3 is 5.32 Å². The smallest absolute Gasteiger partial charge is 0.291 e. The Morgan fingerprint density at radius 2 is 2.05 bits per heavy atom. The number of amides is 1. The van der Waals surface area contributed by atoms with Crippen molar-refractivity contribution in [2.45, 2.75) is 17.7 Å². The van der Waals surface area contributed by atoms with Gasteiger partial charge in [0.25, 0.3) is 14.4 Å². The molecule has 1 aromatic carbocycles. The molecule has 112 valence electrons. The molecule has 0 bridgehead atoms. The van der Waals surface area contributed by atoms with Crippen molar-refractivity contribution in [1.82, 2.24) is 10.2 Å². The summed E-state index contributed by atoms with van der Waals surface area (Å²) in [5.41, 5.74) is -0.188. The molecule has 0 atom stereocenters. The summed E-state index contributed by atoms with van der Waals surface area (Å²) >= 11 is 0.682. The van der Waals surface area contributed by atoms with E-state index in [1.54, 1.807) is 6.92 Å². The first-order valence-corrected chi connectivity index (χ1v) is 8.13. The van der Waals surface area contributed by atoms with Gasteiger partial charge in [-0.25, -0.2) is 4.39 Å². The molecule has 0 saturated carbocycles. The summed E-state index contributed by atoms with van der Waals surface area (Å²) in [5, 5.41) is 9.50. The van der Waals surface area contributed by atoms with Crippen LogP contribution in [0.2, 0.25) is 0 Å². The number of halogens is 1. The summed E-state index contributed by atoms with van der Waals surface area (Å²) in [4.78, 5) is 11.2. The minimum Gasteiger partial charge on any atom is -0.301 e. The van der Waals surface area contributed by atoms with E-state index in [0.29, 0.717) is 11.3 Å². The van der Waals surface area contributed by atoms with Crippen LogP contribution in [0.25, 0.3) is 0 Å². The number of benzene rings is 1. The Morgan fingerprint density at radius 1 is 1.33 bits per heavy atom. The zero-order valence-corrected chi connectivity index (χ0v) is 12.5. The first-order chi connectivity index (χ1) is 9.92. The van der Waals surface area contributed by atoms with Gasteiger partial charge in [-0.1, -0.05) is 30.4 Å². The van der Waals surface area contributed by atoms with Crippen LogP contribution in [-0.2, 0) is 14.8 Å². The third-order valence-electron chi connectivity index (χ3n) is 2.32. The van der Waals surface area contributed by atoms with Gasteiger partial charge in [-0.15, -0.1) is 10.2 Å². The summed E-state index contributed by atoms with van der Waals surface area (Å²) in [6.45, 7) is 1.65. The van der Waals surface area contributed by atoms with Gasteiger partial charge in [0, 0.05) is 6.42 Å². The highest BCUT2D eigenvalue weighted by molar-refractivity contribution is 7.94. The number of aromatic nitrogens is 2. The van der Waals surface area contributed by atoms with Crippen molar-refractivity contribution in [1.29, 1.82) is 0 Å². The van der Waals surface area contributed by atoms with Crippen LogP contribution in [0.4, 0.5) is 15.2 Å². The Morgan fingerprint density at radius 3 is 2.71 bits per heavy atom. The Kier molecular flexibility index (Phi) is 4.48. The SMILES string of the molecule is CCC(=O)Nc1nnc(S(=O)(=O)Nc2ccccc2F)s1. The predicted octanol–water partition coefficient (Wildman–Crippen LogP) is 1.83. The molecule has 1 aromatic heterocycles. The summed E-state index contributed by atoms with van der Waals surface area (Å²) in [6.07, 6.45) is 0.231. The molecule has 2 aromatic rings. The van der Waals surface area contributed by atoms with E-state index in [4.69, 9.17) is 0 Å². The molecule has 21 heavy (non-hydrogen) atoms. The maximum absolute atomic E-state index is 13.4. The highest BCUT2D eigenvalue weighted by Crippen LogP contribution is 2.23. The van der Waals surface area contributed by atoms with Crippen molar-refractivity contribution >= 4 is 38.1 Å². The number of anilines is 2. The van der Waals surface area contributed by atoms with Crippen molar-refractivity contribution in [2.75, 3.05) is 10.0 Å². The van der Waals surface area contributed by atoms with Gasteiger partial charge >= 0.3 is 0 Å². The Bertz CT molecular complexity index is 760. The van der Waals surface area contributed by atoms with Gasteiger partial charge in [0.05, 0.1) is 5.69 Å². The topological polar surface area (TPSA) is 101 Å². The molecule has 0 aliphatic heterocycles. The van der Waals surface area contributed by atoms with Gasteiger partial charge in [0.15, 0.2) is 0 Å². The number of hydrogen-bond acceptors (Lipinski definition) is 6. The van der Waals surface area contributed by atoms with E-state index < -0.39 is 15.8 Å². The largest absolute Gasteiger partial charge is 0.301 e. The molecular weight excluding hydrogens is 319 g/mol. The molecule has 0 unspecified atom stereocenters. The van der Waals surface area contributed by atoms with Crippen LogP contribution in [0.15, 0.2) is 28.6 Å². The maximum Gasteiger partial charge on any atom is 0.291 e. The maximum atomic E-state index is 13.4. The fraction of sp³-hybridized carbons (Fsp3) is 0.182.